The van der Waals surface area contributed by atoms with E-state index in [4.69, 9.17) is 5.73 Å². The summed E-state index contributed by atoms with van der Waals surface area (Å²) in [4.78, 5) is 18.6. The van der Waals surface area contributed by atoms with Crippen LogP contribution in [0, 0.1) is 11.8 Å². The second kappa shape index (κ2) is 6.90. The van der Waals surface area contributed by atoms with Crippen LogP contribution in [0.15, 0.2) is 17.5 Å². The molecule has 0 aromatic carbocycles. The molecule has 0 radical (unpaired) electrons. The van der Waals surface area contributed by atoms with E-state index in [0.717, 1.165) is 52.0 Å². The maximum atomic E-state index is 12.6. The molecule has 116 valence electrons. The lowest BCUT2D eigenvalue weighted by atomic mass is 9.94. The number of nitrogens with zero attached hydrogens (tertiary/aromatic N) is 2. The average Bonchev–Trinajstić information content (AvgIpc) is 3.18. The number of carbonyl (C=O) groups excluding carboxylic acids is 1. The molecule has 1 aliphatic heterocycles. The Labute approximate surface area is 130 Å². The van der Waals surface area contributed by atoms with Gasteiger partial charge in [-0.3, -0.25) is 9.69 Å². The number of rotatable bonds is 4. The zero-order valence-corrected chi connectivity index (χ0v) is 13.4. The van der Waals surface area contributed by atoms with Crippen molar-refractivity contribution >= 4 is 17.2 Å². The molecule has 2 fully saturated rings. The average molecular weight is 307 g/mol. The molecule has 2 aliphatic rings. The molecule has 2 atom stereocenters. The van der Waals surface area contributed by atoms with E-state index in [-0.39, 0.29) is 5.92 Å². The van der Waals surface area contributed by atoms with Crippen LogP contribution in [-0.4, -0.2) is 48.4 Å². The van der Waals surface area contributed by atoms with Crippen molar-refractivity contribution in [1.82, 2.24) is 9.80 Å². The van der Waals surface area contributed by atoms with Crippen molar-refractivity contribution in [3.63, 3.8) is 0 Å². The summed E-state index contributed by atoms with van der Waals surface area (Å²) >= 11 is 1.81. The number of amides is 1. The topological polar surface area (TPSA) is 49.6 Å². The first-order chi connectivity index (χ1) is 10.3. The summed E-state index contributed by atoms with van der Waals surface area (Å²) in [5.41, 5.74) is 5.81. The molecule has 2 unspecified atom stereocenters. The van der Waals surface area contributed by atoms with Crippen LogP contribution in [0.3, 0.4) is 0 Å². The standard InChI is InChI=1S/C16H25N3OS/c17-11-13-3-1-5-15(13)16(20)19-8-6-18(7-9-19)12-14-4-2-10-21-14/h2,4,10,13,15H,1,3,5-9,11-12,17H2. The van der Waals surface area contributed by atoms with Crippen LogP contribution in [0.25, 0.3) is 0 Å². The highest BCUT2D eigenvalue weighted by Gasteiger charge is 2.35. The van der Waals surface area contributed by atoms with Crippen molar-refractivity contribution in [2.75, 3.05) is 32.7 Å². The normalized spacial score (nSPS) is 27.2. The van der Waals surface area contributed by atoms with Crippen molar-refractivity contribution in [2.24, 2.45) is 17.6 Å². The Morgan fingerprint density at radius 3 is 2.76 bits per heavy atom. The molecule has 0 bridgehead atoms. The van der Waals surface area contributed by atoms with Crippen molar-refractivity contribution < 1.29 is 4.79 Å². The SMILES string of the molecule is NCC1CCCC1C(=O)N1CCN(Cc2cccs2)CC1. The Bertz CT molecular complexity index is 454. The Balaban J connectivity index is 1.50. The summed E-state index contributed by atoms with van der Waals surface area (Å²) in [5, 5.41) is 2.13. The van der Waals surface area contributed by atoms with E-state index in [0.29, 0.717) is 18.4 Å². The summed E-state index contributed by atoms with van der Waals surface area (Å²) in [6.45, 7) is 5.41. The second-order valence-electron chi connectivity index (χ2n) is 6.21. The maximum absolute atomic E-state index is 12.6. The number of thiophene rings is 1. The van der Waals surface area contributed by atoms with Gasteiger partial charge in [-0.2, -0.15) is 0 Å². The van der Waals surface area contributed by atoms with Gasteiger partial charge in [-0.15, -0.1) is 11.3 Å². The lowest BCUT2D eigenvalue weighted by Gasteiger charge is -2.36. The van der Waals surface area contributed by atoms with E-state index >= 15 is 0 Å². The molecular formula is C16H25N3OS. The molecule has 1 saturated heterocycles. The van der Waals surface area contributed by atoms with E-state index in [9.17, 15) is 4.79 Å². The van der Waals surface area contributed by atoms with Gasteiger partial charge in [0.1, 0.15) is 0 Å². The van der Waals surface area contributed by atoms with Crippen LogP contribution in [0.1, 0.15) is 24.1 Å². The van der Waals surface area contributed by atoms with Gasteiger partial charge in [0.25, 0.3) is 0 Å². The molecule has 1 saturated carbocycles. The van der Waals surface area contributed by atoms with Gasteiger partial charge < -0.3 is 10.6 Å². The Morgan fingerprint density at radius 2 is 2.10 bits per heavy atom. The number of hydrogen-bond acceptors (Lipinski definition) is 4. The molecule has 5 heteroatoms. The maximum Gasteiger partial charge on any atom is 0.226 e. The van der Waals surface area contributed by atoms with Crippen molar-refractivity contribution in [3.8, 4) is 0 Å². The minimum Gasteiger partial charge on any atom is -0.340 e. The highest BCUT2D eigenvalue weighted by atomic mass is 32.1. The quantitative estimate of drug-likeness (QED) is 0.922. The van der Waals surface area contributed by atoms with Gasteiger partial charge in [0, 0.05) is 43.5 Å². The van der Waals surface area contributed by atoms with Gasteiger partial charge in [0.05, 0.1) is 0 Å². The van der Waals surface area contributed by atoms with Gasteiger partial charge in [-0.05, 0) is 36.8 Å². The summed E-state index contributed by atoms with van der Waals surface area (Å²) in [6.07, 6.45) is 3.33. The first-order valence-corrected chi connectivity index (χ1v) is 8.89. The number of piperazine rings is 1. The number of nitrogens with two attached hydrogens (primary N) is 1. The highest BCUT2D eigenvalue weighted by molar-refractivity contribution is 7.09. The van der Waals surface area contributed by atoms with Gasteiger partial charge in [-0.25, -0.2) is 0 Å². The third-order valence-corrected chi connectivity index (χ3v) is 5.78. The minimum absolute atomic E-state index is 0.193. The fourth-order valence-corrected chi connectivity index (χ4v) is 4.37. The van der Waals surface area contributed by atoms with Crippen LogP contribution in [0.2, 0.25) is 0 Å². The molecule has 21 heavy (non-hydrogen) atoms. The molecule has 0 spiro atoms. The van der Waals surface area contributed by atoms with E-state index in [1.165, 1.54) is 4.88 Å². The fraction of sp³-hybridized carbons (Fsp3) is 0.688. The Morgan fingerprint density at radius 1 is 1.29 bits per heavy atom. The summed E-state index contributed by atoms with van der Waals surface area (Å²) < 4.78 is 0. The third kappa shape index (κ3) is 3.47. The zero-order chi connectivity index (χ0) is 14.7. The zero-order valence-electron chi connectivity index (χ0n) is 12.5. The summed E-state index contributed by atoms with van der Waals surface area (Å²) in [6, 6.07) is 4.29. The van der Waals surface area contributed by atoms with Crippen LogP contribution < -0.4 is 5.73 Å². The van der Waals surface area contributed by atoms with Gasteiger partial charge >= 0.3 is 0 Å². The van der Waals surface area contributed by atoms with Gasteiger partial charge in [0.2, 0.25) is 5.91 Å². The first-order valence-electron chi connectivity index (χ1n) is 8.01. The number of hydrogen-bond donors (Lipinski definition) is 1. The molecule has 1 amide bonds. The van der Waals surface area contributed by atoms with Crippen molar-refractivity contribution in [1.29, 1.82) is 0 Å². The molecule has 3 rings (SSSR count). The molecule has 1 aliphatic carbocycles. The summed E-state index contributed by atoms with van der Waals surface area (Å²) in [5.74, 6) is 0.971. The highest BCUT2D eigenvalue weighted by Crippen LogP contribution is 2.32. The second-order valence-corrected chi connectivity index (χ2v) is 7.25. The van der Waals surface area contributed by atoms with Crippen LogP contribution in [0.4, 0.5) is 0 Å². The largest absolute Gasteiger partial charge is 0.340 e. The number of carbonyl (C=O) groups is 1. The molecule has 1 aromatic rings. The molecular weight excluding hydrogens is 282 g/mol. The fourth-order valence-electron chi connectivity index (χ4n) is 3.63. The molecule has 4 nitrogen and oxygen atoms in total. The van der Waals surface area contributed by atoms with E-state index in [1.54, 1.807) is 0 Å². The van der Waals surface area contributed by atoms with E-state index in [1.807, 2.05) is 11.3 Å². The minimum atomic E-state index is 0.193. The van der Waals surface area contributed by atoms with Gasteiger partial charge in [-0.1, -0.05) is 12.5 Å². The predicted molar refractivity (Wildman–Crippen MR) is 86.1 cm³/mol. The molecule has 2 heterocycles. The molecule has 2 N–H and O–H groups in total. The van der Waals surface area contributed by atoms with Crippen LogP contribution >= 0.6 is 11.3 Å². The monoisotopic (exact) mass is 307 g/mol. The third-order valence-electron chi connectivity index (χ3n) is 4.92. The molecule has 1 aromatic heterocycles. The van der Waals surface area contributed by atoms with Crippen LogP contribution in [0.5, 0.6) is 0 Å². The van der Waals surface area contributed by atoms with Crippen molar-refractivity contribution in [2.45, 2.75) is 25.8 Å². The van der Waals surface area contributed by atoms with E-state index < -0.39 is 0 Å². The first kappa shape index (κ1) is 15.0. The van der Waals surface area contributed by atoms with Gasteiger partial charge in [0.15, 0.2) is 0 Å². The lowest BCUT2D eigenvalue weighted by molar-refractivity contribution is -0.138. The Hall–Kier alpha value is -0.910. The van der Waals surface area contributed by atoms with Crippen molar-refractivity contribution in [3.05, 3.63) is 22.4 Å². The lowest BCUT2D eigenvalue weighted by Crippen LogP contribution is -2.50. The van der Waals surface area contributed by atoms with Crippen LogP contribution in [-0.2, 0) is 11.3 Å². The Kier molecular flexibility index (Phi) is 4.93. The van der Waals surface area contributed by atoms with E-state index in [2.05, 4.69) is 27.3 Å². The predicted octanol–water partition coefficient (Wildman–Crippen LogP) is 1.77. The summed E-state index contributed by atoms with van der Waals surface area (Å²) in [7, 11) is 0. The smallest absolute Gasteiger partial charge is 0.226 e.